The highest BCUT2D eigenvalue weighted by Crippen LogP contribution is 2.48. The zero-order chi connectivity index (χ0) is 17.7. The Balaban J connectivity index is 1.90. The molecule has 1 aliphatic heterocycles. The van der Waals surface area contributed by atoms with E-state index in [9.17, 15) is 9.59 Å². The van der Waals surface area contributed by atoms with E-state index in [2.05, 4.69) is 30.0 Å². The van der Waals surface area contributed by atoms with Crippen molar-refractivity contribution in [3.63, 3.8) is 0 Å². The van der Waals surface area contributed by atoms with Crippen LogP contribution < -0.4 is 9.75 Å². The van der Waals surface area contributed by atoms with Crippen LogP contribution in [0.25, 0.3) is 11.1 Å². The highest BCUT2D eigenvalue weighted by atomic mass is 32.1. The summed E-state index contributed by atoms with van der Waals surface area (Å²) in [7, 11) is 0. The molecule has 0 N–H and O–H groups in total. The second-order valence-electron chi connectivity index (χ2n) is 8.02. The lowest BCUT2D eigenvalue weighted by Gasteiger charge is -2.42. The molecule has 0 aromatic carbocycles. The molecule has 0 amide bonds. The van der Waals surface area contributed by atoms with E-state index in [0.717, 1.165) is 22.6 Å². The van der Waals surface area contributed by atoms with Gasteiger partial charge in [0, 0.05) is 10.6 Å². The lowest BCUT2D eigenvalue weighted by Crippen LogP contribution is -2.37. The fraction of sp³-hybridized carbons (Fsp3) is 0.524. The third-order valence-corrected chi connectivity index (χ3v) is 7.07. The fourth-order valence-electron chi connectivity index (χ4n) is 5.22. The minimum absolute atomic E-state index is 0.406. The Morgan fingerprint density at radius 3 is 2.68 bits per heavy atom. The SMILES string of the molecule is CC(C1=CC(=O)OC1=O)=c1ccs/c1=C1/C(C)CC2CC(C)CC1C2. The van der Waals surface area contributed by atoms with Crippen molar-refractivity contribution in [2.45, 2.75) is 46.5 Å². The Kier molecular flexibility index (Phi) is 4.19. The number of hydrogen-bond donors (Lipinski definition) is 0. The van der Waals surface area contributed by atoms with Crippen LogP contribution in [0, 0.1) is 23.7 Å². The molecule has 0 radical (unpaired) electrons. The van der Waals surface area contributed by atoms with Gasteiger partial charge in [0.05, 0.1) is 5.57 Å². The Hall–Kier alpha value is -1.68. The predicted octanol–water partition coefficient (Wildman–Crippen LogP) is 3.17. The topological polar surface area (TPSA) is 43.4 Å². The van der Waals surface area contributed by atoms with Crippen LogP contribution in [-0.2, 0) is 14.3 Å². The van der Waals surface area contributed by atoms with Crippen LogP contribution in [0.5, 0.6) is 0 Å². The summed E-state index contributed by atoms with van der Waals surface area (Å²) in [6.45, 7) is 6.66. The standard InChI is InChI=1S/C21H24O3S/c1-11-6-14-8-12(2)19(15(7-11)9-14)20-16(4-5-25-20)13(3)17-10-18(22)24-21(17)23/h4-5,10-12,14-15H,6-9H2,1-3H3/b16-13?,20-19-. The predicted molar refractivity (Wildman–Crippen MR) is 99.0 cm³/mol. The molecule has 1 aromatic rings. The summed E-state index contributed by atoms with van der Waals surface area (Å²) in [5.41, 5.74) is 2.84. The van der Waals surface area contributed by atoms with Crippen LogP contribution in [0.1, 0.15) is 46.5 Å². The number of carbonyl (C=O) groups is 2. The lowest BCUT2D eigenvalue weighted by atomic mass is 9.63. The van der Waals surface area contributed by atoms with Crippen molar-refractivity contribution in [3.8, 4) is 0 Å². The third-order valence-electron chi connectivity index (χ3n) is 6.11. The van der Waals surface area contributed by atoms with Gasteiger partial charge in [0.1, 0.15) is 0 Å². The van der Waals surface area contributed by atoms with Crippen LogP contribution in [0.15, 0.2) is 23.1 Å². The Morgan fingerprint density at radius 1 is 1.16 bits per heavy atom. The van der Waals surface area contributed by atoms with Crippen LogP contribution in [-0.4, -0.2) is 11.9 Å². The Morgan fingerprint density at radius 2 is 1.96 bits per heavy atom. The van der Waals surface area contributed by atoms with Gasteiger partial charge in [-0.3, -0.25) is 0 Å². The van der Waals surface area contributed by atoms with Crippen LogP contribution in [0.3, 0.4) is 0 Å². The summed E-state index contributed by atoms with van der Waals surface area (Å²) in [5, 5.41) is 3.20. The van der Waals surface area contributed by atoms with Gasteiger partial charge in [-0.05, 0) is 84.1 Å². The molecule has 2 saturated carbocycles. The van der Waals surface area contributed by atoms with Gasteiger partial charge in [0.2, 0.25) is 0 Å². The first-order valence-corrected chi connectivity index (χ1v) is 10.1. The fourth-order valence-corrected chi connectivity index (χ4v) is 6.41. The monoisotopic (exact) mass is 356 g/mol. The number of hydrogen-bond acceptors (Lipinski definition) is 4. The number of fused-ring (bicyclic) bond motifs is 2. The molecule has 3 aliphatic rings. The van der Waals surface area contributed by atoms with E-state index in [4.69, 9.17) is 0 Å². The number of rotatable bonds is 1. The van der Waals surface area contributed by atoms with Crippen LogP contribution >= 0.6 is 11.3 Å². The molecule has 2 heterocycles. The highest BCUT2D eigenvalue weighted by Gasteiger charge is 2.37. The van der Waals surface area contributed by atoms with Gasteiger partial charge < -0.3 is 4.74 Å². The number of ether oxygens (including phenoxy) is 1. The summed E-state index contributed by atoms with van der Waals surface area (Å²) >= 11 is 1.77. The van der Waals surface area contributed by atoms with Crippen molar-refractivity contribution in [1.29, 1.82) is 0 Å². The second-order valence-corrected chi connectivity index (χ2v) is 8.94. The molecule has 2 fully saturated rings. The molecule has 4 atom stereocenters. The van der Waals surface area contributed by atoms with E-state index in [1.165, 1.54) is 36.3 Å². The average molecular weight is 356 g/mol. The van der Waals surface area contributed by atoms with Crippen LogP contribution in [0.4, 0.5) is 0 Å². The molecule has 4 heteroatoms. The van der Waals surface area contributed by atoms with E-state index >= 15 is 0 Å². The Labute approximate surface area is 152 Å². The number of thiophene rings is 1. The van der Waals surface area contributed by atoms with Gasteiger partial charge in [-0.15, -0.1) is 11.3 Å². The summed E-state index contributed by atoms with van der Waals surface area (Å²) in [5.74, 6) is 1.84. The molecule has 2 bridgehead atoms. The minimum atomic E-state index is -0.557. The first kappa shape index (κ1) is 16.8. The van der Waals surface area contributed by atoms with Crippen molar-refractivity contribution < 1.29 is 14.3 Å². The molecule has 0 saturated heterocycles. The van der Waals surface area contributed by atoms with Gasteiger partial charge in [-0.25, -0.2) is 9.59 Å². The van der Waals surface area contributed by atoms with Gasteiger partial charge in [-0.1, -0.05) is 13.8 Å². The quantitative estimate of drug-likeness (QED) is 0.573. The van der Waals surface area contributed by atoms with E-state index in [0.29, 0.717) is 17.4 Å². The summed E-state index contributed by atoms with van der Waals surface area (Å²) in [6.07, 6.45) is 6.55. The molecular weight excluding hydrogens is 332 g/mol. The van der Waals surface area contributed by atoms with E-state index in [1.54, 1.807) is 16.9 Å². The zero-order valence-electron chi connectivity index (χ0n) is 15.0. The molecule has 25 heavy (non-hydrogen) atoms. The average Bonchev–Trinajstić information content (AvgIpc) is 3.12. The molecule has 132 valence electrons. The smallest absolute Gasteiger partial charge is 0.346 e. The van der Waals surface area contributed by atoms with Crippen molar-refractivity contribution >= 4 is 34.4 Å². The largest absolute Gasteiger partial charge is 0.386 e. The highest BCUT2D eigenvalue weighted by molar-refractivity contribution is 7.07. The molecule has 4 unspecified atom stereocenters. The van der Waals surface area contributed by atoms with Crippen molar-refractivity contribution in [1.82, 2.24) is 0 Å². The second kappa shape index (κ2) is 6.24. The molecule has 3 nitrogen and oxygen atoms in total. The molecular formula is C21H24O3S. The maximum absolute atomic E-state index is 12.0. The first-order valence-electron chi connectivity index (χ1n) is 9.20. The molecule has 2 aliphatic carbocycles. The molecule has 4 rings (SSSR count). The van der Waals surface area contributed by atoms with Gasteiger partial charge in [0.25, 0.3) is 0 Å². The van der Waals surface area contributed by atoms with Crippen molar-refractivity contribution in [2.24, 2.45) is 23.7 Å². The summed E-state index contributed by atoms with van der Waals surface area (Å²) < 4.78 is 6.00. The lowest BCUT2D eigenvalue weighted by molar-refractivity contribution is -0.150. The normalized spacial score (nSPS) is 35.4. The summed E-state index contributed by atoms with van der Waals surface area (Å²) in [4.78, 5) is 23.4. The van der Waals surface area contributed by atoms with E-state index in [1.807, 2.05) is 6.92 Å². The van der Waals surface area contributed by atoms with Crippen molar-refractivity contribution in [3.05, 3.63) is 32.8 Å². The maximum atomic E-state index is 12.0. The number of carbonyl (C=O) groups excluding carboxylic acids is 2. The van der Waals surface area contributed by atoms with E-state index < -0.39 is 11.9 Å². The number of esters is 2. The minimum Gasteiger partial charge on any atom is -0.386 e. The molecule has 0 spiro atoms. The van der Waals surface area contributed by atoms with Gasteiger partial charge in [-0.2, -0.15) is 0 Å². The van der Waals surface area contributed by atoms with Gasteiger partial charge in [0.15, 0.2) is 0 Å². The van der Waals surface area contributed by atoms with Crippen LogP contribution in [0.2, 0.25) is 0 Å². The third kappa shape index (κ3) is 2.91. The zero-order valence-corrected chi connectivity index (χ0v) is 15.8. The number of cyclic esters (lactones) is 2. The first-order chi connectivity index (χ1) is 11.9. The maximum Gasteiger partial charge on any atom is 0.346 e. The summed E-state index contributed by atoms with van der Waals surface area (Å²) in [6, 6.07) is 2.09. The molecule has 1 aromatic heterocycles. The Bertz CT molecular complexity index is 884. The van der Waals surface area contributed by atoms with E-state index in [-0.39, 0.29) is 0 Å². The van der Waals surface area contributed by atoms with Crippen molar-refractivity contribution in [2.75, 3.05) is 0 Å². The van der Waals surface area contributed by atoms with Gasteiger partial charge >= 0.3 is 11.9 Å².